The average molecular weight is 267 g/mol. The van der Waals surface area contributed by atoms with E-state index in [1.807, 2.05) is 0 Å². The summed E-state index contributed by atoms with van der Waals surface area (Å²) in [5.74, 6) is -0.988. The molecule has 1 rings (SSSR count). The summed E-state index contributed by atoms with van der Waals surface area (Å²) in [4.78, 5) is 11.3. The Balaban J connectivity index is 3.51. The van der Waals surface area contributed by atoms with E-state index >= 15 is 0 Å². The maximum atomic E-state index is 12.7. The van der Waals surface area contributed by atoms with E-state index in [9.17, 15) is 18.0 Å². The third kappa shape index (κ3) is 3.12. The van der Waals surface area contributed by atoms with Gasteiger partial charge in [-0.1, -0.05) is 11.6 Å². The molecular formula is C11H10ClF3O2. The van der Waals surface area contributed by atoms with Crippen molar-refractivity contribution in [1.29, 1.82) is 0 Å². The highest BCUT2D eigenvalue weighted by molar-refractivity contribution is 6.31. The first kappa shape index (κ1) is 13.8. The van der Waals surface area contributed by atoms with Crippen LogP contribution in [0.1, 0.15) is 29.8 Å². The fourth-order valence-corrected chi connectivity index (χ4v) is 1.58. The molecule has 0 saturated heterocycles. The normalized spacial score (nSPS) is 11.4. The van der Waals surface area contributed by atoms with Crippen LogP contribution in [0.15, 0.2) is 12.1 Å². The number of carbonyl (C=O) groups is 1. The number of ketones is 1. The second kappa shape index (κ2) is 4.96. The summed E-state index contributed by atoms with van der Waals surface area (Å²) in [5.41, 5.74) is -1.19. The van der Waals surface area contributed by atoms with Gasteiger partial charge in [0.05, 0.1) is 17.7 Å². The quantitative estimate of drug-likeness (QED) is 0.774. The van der Waals surface area contributed by atoms with Crippen LogP contribution >= 0.6 is 11.6 Å². The Morgan fingerprint density at radius 2 is 2.00 bits per heavy atom. The van der Waals surface area contributed by atoms with E-state index in [2.05, 4.69) is 0 Å². The highest BCUT2D eigenvalue weighted by atomic mass is 35.5. The minimum atomic E-state index is -4.61. The third-order valence-electron chi connectivity index (χ3n) is 2.03. The maximum absolute atomic E-state index is 12.7. The monoisotopic (exact) mass is 266 g/mol. The Morgan fingerprint density at radius 1 is 1.41 bits per heavy atom. The zero-order valence-corrected chi connectivity index (χ0v) is 9.95. The predicted molar refractivity (Wildman–Crippen MR) is 57.6 cm³/mol. The minimum absolute atomic E-state index is 0.0327. The maximum Gasteiger partial charge on any atom is 0.420 e. The Kier molecular flexibility index (Phi) is 4.03. The lowest BCUT2D eigenvalue weighted by atomic mass is 10.1. The van der Waals surface area contributed by atoms with Gasteiger partial charge in [0.15, 0.2) is 5.78 Å². The van der Waals surface area contributed by atoms with Gasteiger partial charge >= 0.3 is 6.18 Å². The molecule has 0 saturated carbocycles. The molecule has 2 nitrogen and oxygen atoms in total. The Hall–Kier alpha value is -1.23. The molecule has 0 fully saturated rings. The zero-order chi connectivity index (χ0) is 13.2. The van der Waals surface area contributed by atoms with Crippen molar-refractivity contribution in [3.05, 3.63) is 28.3 Å². The minimum Gasteiger partial charge on any atom is -0.492 e. The van der Waals surface area contributed by atoms with Gasteiger partial charge in [0.25, 0.3) is 0 Å². The summed E-state index contributed by atoms with van der Waals surface area (Å²) in [7, 11) is 0. The number of hydrogen-bond donors (Lipinski definition) is 0. The molecule has 0 bridgehead atoms. The molecule has 0 radical (unpaired) electrons. The summed E-state index contributed by atoms with van der Waals surface area (Å²) in [6.07, 6.45) is -4.61. The molecule has 0 aromatic heterocycles. The van der Waals surface area contributed by atoms with Crippen LogP contribution in [0.2, 0.25) is 5.02 Å². The van der Waals surface area contributed by atoms with E-state index in [1.165, 1.54) is 6.07 Å². The van der Waals surface area contributed by atoms with Crippen molar-refractivity contribution < 1.29 is 22.7 Å². The van der Waals surface area contributed by atoms with Gasteiger partial charge in [-0.15, -0.1) is 0 Å². The van der Waals surface area contributed by atoms with E-state index in [4.69, 9.17) is 16.3 Å². The summed E-state index contributed by atoms with van der Waals surface area (Å²) in [6, 6.07) is 1.92. The first-order valence-electron chi connectivity index (χ1n) is 4.81. The highest BCUT2D eigenvalue weighted by Crippen LogP contribution is 2.40. The number of benzene rings is 1. The van der Waals surface area contributed by atoms with Crippen molar-refractivity contribution in [2.75, 3.05) is 6.61 Å². The number of hydrogen-bond acceptors (Lipinski definition) is 2. The van der Waals surface area contributed by atoms with Gasteiger partial charge < -0.3 is 4.74 Å². The molecule has 0 unspecified atom stereocenters. The fourth-order valence-electron chi connectivity index (χ4n) is 1.37. The molecule has 0 aliphatic carbocycles. The van der Waals surface area contributed by atoms with Crippen molar-refractivity contribution in [3.8, 4) is 5.75 Å². The molecule has 0 spiro atoms. The number of carbonyl (C=O) groups excluding carboxylic acids is 1. The molecule has 1 aromatic carbocycles. The molecule has 0 N–H and O–H groups in total. The smallest absolute Gasteiger partial charge is 0.420 e. The van der Waals surface area contributed by atoms with Crippen LogP contribution in [0, 0.1) is 0 Å². The predicted octanol–water partition coefficient (Wildman–Crippen LogP) is 3.96. The van der Waals surface area contributed by atoms with Gasteiger partial charge in [0.1, 0.15) is 5.75 Å². The highest BCUT2D eigenvalue weighted by Gasteiger charge is 2.36. The van der Waals surface area contributed by atoms with Gasteiger partial charge in [-0.3, -0.25) is 4.79 Å². The van der Waals surface area contributed by atoms with Crippen LogP contribution in [-0.4, -0.2) is 12.4 Å². The summed E-state index contributed by atoms with van der Waals surface area (Å²) in [5, 5.41) is -0.147. The van der Waals surface area contributed by atoms with Gasteiger partial charge in [0, 0.05) is 5.02 Å². The van der Waals surface area contributed by atoms with Crippen LogP contribution in [0.4, 0.5) is 13.2 Å². The average Bonchev–Trinajstić information content (AvgIpc) is 2.18. The van der Waals surface area contributed by atoms with Crippen LogP contribution in [0.25, 0.3) is 0 Å². The topological polar surface area (TPSA) is 26.3 Å². The Morgan fingerprint density at radius 3 is 2.41 bits per heavy atom. The van der Waals surface area contributed by atoms with Gasteiger partial charge in [-0.2, -0.15) is 13.2 Å². The number of Topliss-reactive ketones (excluding diaryl/α,β-unsaturated/α-hetero) is 1. The summed E-state index contributed by atoms with van der Waals surface area (Å²) in [6.45, 7) is 2.73. The lowest BCUT2D eigenvalue weighted by Gasteiger charge is -2.16. The molecule has 0 heterocycles. The first-order chi connectivity index (χ1) is 7.77. The number of rotatable bonds is 3. The van der Waals surface area contributed by atoms with Crippen LogP contribution in [0.5, 0.6) is 5.75 Å². The fraction of sp³-hybridized carbons (Fsp3) is 0.364. The van der Waals surface area contributed by atoms with Crippen molar-refractivity contribution in [3.63, 3.8) is 0 Å². The molecule has 0 aliphatic heterocycles. The van der Waals surface area contributed by atoms with Gasteiger partial charge in [0.2, 0.25) is 0 Å². The molecule has 17 heavy (non-hydrogen) atoms. The largest absolute Gasteiger partial charge is 0.492 e. The molecule has 94 valence electrons. The lowest BCUT2D eigenvalue weighted by molar-refractivity contribution is -0.138. The van der Waals surface area contributed by atoms with E-state index in [-0.39, 0.29) is 17.2 Å². The molecule has 1 aromatic rings. The van der Waals surface area contributed by atoms with Crippen molar-refractivity contribution in [1.82, 2.24) is 0 Å². The van der Waals surface area contributed by atoms with Crippen molar-refractivity contribution >= 4 is 17.4 Å². The molecule has 0 amide bonds. The van der Waals surface area contributed by atoms with Crippen molar-refractivity contribution in [2.45, 2.75) is 20.0 Å². The van der Waals surface area contributed by atoms with E-state index in [0.29, 0.717) is 0 Å². The van der Waals surface area contributed by atoms with Crippen LogP contribution in [-0.2, 0) is 6.18 Å². The molecular weight excluding hydrogens is 257 g/mol. The lowest BCUT2D eigenvalue weighted by Crippen LogP contribution is -2.12. The Bertz CT molecular complexity index is 441. The standard InChI is InChI=1S/C11H10ClF3O2/c1-3-17-10-8(6(2)16)4-7(12)5-9(10)11(13,14)15/h4-5H,3H2,1-2H3. The number of ether oxygens (including phenoxy) is 1. The van der Waals surface area contributed by atoms with E-state index < -0.39 is 23.3 Å². The molecule has 0 aliphatic rings. The number of halogens is 4. The third-order valence-corrected chi connectivity index (χ3v) is 2.25. The van der Waals surface area contributed by atoms with Gasteiger partial charge in [-0.25, -0.2) is 0 Å². The molecule has 6 heteroatoms. The zero-order valence-electron chi connectivity index (χ0n) is 9.19. The summed E-state index contributed by atoms with van der Waals surface area (Å²) < 4.78 is 43.1. The summed E-state index contributed by atoms with van der Waals surface area (Å²) >= 11 is 5.56. The van der Waals surface area contributed by atoms with Crippen LogP contribution in [0.3, 0.4) is 0 Å². The van der Waals surface area contributed by atoms with E-state index in [0.717, 1.165) is 13.0 Å². The SMILES string of the molecule is CCOc1c(C(C)=O)cc(Cl)cc1C(F)(F)F. The second-order valence-corrected chi connectivity index (χ2v) is 3.75. The van der Waals surface area contributed by atoms with Crippen LogP contribution < -0.4 is 4.74 Å². The molecule has 0 atom stereocenters. The van der Waals surface area contributed by atoms with Gasteiger partial charge in [-0.05, 0) is 26.0 Å². The number of alkyl halides is 3. The van der Waals surface area contributed by atoms with E-state index in [1.54, 1.807) is 6.92 Å². The Labute approximate surface area is 101 Å². The second-order valence-electron chi connectivity index (χ2n) is 3.32. The first-order valence-corrected chi connectivity index (χ1v) is 5.19. The van der Waals surface area contributed by atoms with Crippen molar-refractivity contribution in [2.24, 2.45) is 0 Å².